The van der Waals surface area contributed by atoms with E-state index in [-0.39, 0.29) is 5.96 Å². The monoisotopic (exact) mass is 203 g/mol. The van der Waals surface area contributed by atoms with Gasteiger partial charge in [0.1, 0.15) is 0 Å². The maximum atomic E-state index is 5.32. The molecule has 5 N–H and O–H groups in total. The maximum Gasteiger partial charge on any atom is 0.338 e. The highest BCUT2D eigenvalue weighted by Crippen LogP contribution is 2.14. The lowest BCUT2D eigenvalue weighted by Crippen LogP contribution is -2.78. The third-order valence-electron chi connectivity index (χ3n) is 2.36. The van der Waals surface area contributed by atoms with Gasteiger partial charge in [-0.1, -0.05) is 18.2 Å². The topological polar surface area (TPSA) is 70.9 Å². The number of nitrogens with one attached hydrogen (secondary N) is 1. The van der Waals surface area contributed by atoms with Crippen molar-refractivity contribution < 1.29 is 4.99 Å². The highest BCUT2D eigenvalue weighted by molar-refractivity contribution is 5.79. The minimum atomic E-state index is 0.270. The number of nitrogens with zero attached hydrogens (tertiary/aromatic N) is 1. The summed E-state index contributed by atoms with van der Waals surface area (Å²) in [6, 6.07) is 10.4. The fourth-order valence-electron chi connectivity index (χ4n) is 1.66. The number of hydrogen-bond donors (Lipinski definition) is 3. The number of nitrogens with two attached hydrogens (primary N) is 2. The van der Waals surface area contributed by atoms with Crippen LogP contribution in [0.2, 0.25) is 0 Å². The van der Waals surface area contributed by atoms with Crippen LogP contribution in [0.4, 0.5) is 0 Å². The summed E-state index contributed by atoms with van der Waals surface area (Å²) in [6.45, 7) is 1.59. The Morgan fingerprint density at radius 3 is 2.80 bits per heavy atom. The summed E-state index contributed by atoms with van der Waals surface area (Å²) in [6.07, 6.45) is 2.07. The van der Waals surface area contributed by atoms with Crippen molar-refractivity contribution in [3.63, 3.8) is 0 Å². The first-order valence-electron chi connectivity index (χ1n) is 4.93. The molecule has 78 valence electrons. The Labute approximate surface area is 88.2 Å². The van der Waals surface area contributed by atoms with Crippen molar-refractivity contribution in [1.29, 1.82) is 0 Å². The zero-order valence-corrected chi connectivity index (χ0v) is 8.48. The van der Waals surface area contributed by atoms with E-state index in [1.54, 1.807) is 0 Å². The molecule has 0 aliphatic carbocycles. The first-order valence-corrected chi connectivity index (χ1v) is 4.93. The average molecular weight is 203 g/mol. The number of guanidine groups is 1. The van der Waals surface area contributed by atoms with E-state index in [0.29, 0.717) is 0 Å². The van der Waals surface area contributed by atoms with Crippen LogP contribution < -0.4 is 16.5 Å². The van der Waals surface area contributed by atoms with Gasteiger partial charge in [0.2, 0.25) is 0 Å². The van der Waals surface area contributed by atoms with Gasteiger partial charge in [-0.25, -0.2) is 0 Å². The van der Waals surface area contributed by atoms with Crippen molar-refractivity contribution in [3.8, 4) is 0 Å². The second-order valence-electron chi connectivity index (χ2n) is 3.45. The molecule has 0 radical (unpaired) electrons. The smallest absolute Gasteiger partial charge is 0.338 e. The molecule has 0 amide bonds. The van der Waals surface area contributed by atoms with Gasteiger partial charge in [-0.15, -0.1) is 0 Å². The molecule has 15 heavy (non-hydrogen) atoms. The molecule has 0 aliphatic heterocycles. The van der Waals surface area contributed by atoms with Gasteiger partial charge in [0.25, 0.3) is 0 Å². The number of aromatic nitrogens is 1. The Bertz CT molecular complexity index is 480. The molecule has 2 aromatic rings. The highest BCUT2D eigenvalue weighted by atomic mass is 15.0. The molecule has 1 aromatic heterocycles. The van der Waals surface area contributed by atoms with E-state index in [1.807, 2.05) is 12.1 Å². The quantitative estimate of drug-likeness (QED) is 0.442. The molecule has 0 aliphatic rings. The van der Waals surface area contributed by atoms with Crippen molar-refractivity contribution in [2.24, 2.45) is 11.5 Å². The molecule has 4 nitrogen and oxygen atoms in total. The second-order valence-corrected chi connectivity index (χ2v) is 3.45. The lowest BCUT2D eigenvalue weighted by atomic mass is 10.2. The predicted molar refractivity (Wildman–Crippen MR) is 61.1 cm³/mol. The van der Waals surface area contributed by atoms with Crippen molar-refractivity contribution in [2.45, 2.75) is 6.54 Å². The van der Waals surface area contributed by atoms with Crippen LogP contribution in [0.25, 0.3) is 10.9 Å². The van der Waals surface area contributed by atoms with Crippen molar-refractivity contribution in [2.75, 3.05) is 6.54 Å². The van der Waals surface area contributed by atoms with Crippen LogP contribution >= 0.6 is 0 Å². The zero-order valence-electron chi connectivity index (χ0n) is 8.48. The summed E-state index contributed by atoms with van der Waals surface area (Å²) < 4.78 is 2.17. The summed E-state index contributed by atoms with van der Waals surface area (Å²) in [5.74, 6) is 0.270. The summed E-state index contributed by atoms with van der Waals surface area (Å²) >= 11 is 0. The van der Waals surface area contributed by atoms with E-state index in [1.165, 1.54) is 10.9 Å². The Balaban J connectivity index is 2.18. The lowest BCUT2D eigenvalue weighted by Gasteiger charge is -2.01. The van der Waals surface area contributed by atoms with Crippen LogP contribution in [0.1, 0.15) is 0 Å². The zero-order chi connectivity index (χ0) is 10.7. The SMILES string of the molecule is NC(N)=[NH+]CCn1ccc2ccccc21. The van der Waals surface area contributed by atoms with E-state index in [9.17, 15) is 0 Å². The minimum absolute atomic E-state index is 0.270. The van der Waals surface area contributed by atoms with Gasteiger partial charge in [0.15, 0.2) is 0 Å². The molecule has 2 rings (SSSR count). The molecule has 0 atom stereocenters. The molecule has 1 heterocycles. The van der Waals surface area contributed by atoms with Crippen LogP contribution in [0.15, 0.2) is 36.5 Å². The Hall–Kier alpha value is -1.97. The minimum Gasteiger partial charge on any atom is -0.344 e. The van der Waals surface area contributed by atoms with E-state index >= 15 is 0 Å². The molecule has 4 heteroatoms. The normalized spacial score (nSPS) is 10.4. The molecular formula is C11H15N4+. The Morgan fingerprint density at radius 1 is 1.20 bits per heavy atom. The van der Waals surface area contributed by atoms with E-state index in [0.717, 1.165) is 13.1 Å². The summed E-state index contributed by atoms with van der Waals surface area (Å²) in [5, 5.41) is 1.25. The molecule has 0 saturated carbocycles. The van der Waals surface area contributed by atoms with Crippen LogP contribution in [0.3, 0.4) is 0 Å². The first kappa shape index (κ1) is 9.58. The molecule has 0 saturated heterocycles. The molecular weight excluding hydrogens is 188 g/mol. The summed E-state index contributed by atoms with van der Waals surface area (Å²) in [7, 11) is 0. The fraction of sp³-hybridized carbons (Fsp3) is 0.182. The van der Waals surface area contributed by atoms with Gasteiger partial charge >= 0.3 is 5.96 Å². The second kappa shape index (κ2) is 4.04. The van der Waals surface area contributed by atoms with Gasteiger partial charge in [-0.3, -0.25) is 16.5 Å². The molecule has 0 bridgehead atoms. The fourth-order valence-corrected chi connectivity index (χ4v) is 1.66. The van der Waals surface area contributed by atoms with E-state index in [4.69, 9.17) is 11.5 Å². The van der Waals surface area contributed by atoms with Gasteiger partial charge in [0.05, 0.1) is 13.1 Å². The highest BCUT2D eigenvalue weighted by Gasteiger charge is 1.98. The van der Waals surface area contributed by atoms with Gasteiger partial charge in [-0.05, 0) is 17.5 Å². The van der Waals surface area contributed by atoms with E-state index < -0.39 is 0 Å². The Morgan fingerprint density at radius 2 is 2.00 bits per heavy atom. The van der Waals surface area contributed by atoms with Crippen molar-refractivity contribution in [3.05, 3.63) is 36.5 Å². The molecule has 1 aromatic carbocycles. The predicted octanol–water partition coefficient (Wildman–Crippen LogP) is -1.00. The third kappa shape index (κ3) is 2.10. The van der Waals surface area contributed by atoms with Crippen LogP contribution in [-0.4, -0.2) is 17.1 Å². The number of fused-ring (bicyclic) bond motifs is 1. The standard InChI is InChI=1S/C11H14N4/c12-11(13)14-6-8-15-7-5-9-3-1-2-4-10(9)15/h1-5,7H,6,8H2,(H4,12,13,14)/p+1. The third-order valence-corrected chi connectivity index (χ3v) is 2.36. The molecule has 0 unspecified atom stereocenters. The average Bonchev–Trinajstić information content (AvgIpc) is 2.62. The number of hydrogen-bond acceptors (Lipinski definition) is 0. The van der Waals surface area contributed by atoms with Gasteiger partial charge < -0.3 is 4.57 Å². The number of para-hydroxylation sites is 1. The van der Waals surface area contributed by atoms with Crippen LogP contribution in [0.5, 0.6) is 0 Å². The number of benzene rings is 1. The van der Waals surface area contributed by atoms with Crippen LogP contribution in [-0.2, 0) is 6.54 Å². The van der Waals surface area contributed by atoms with Gasteiger partial charge in [0, 0.05) is 11.7 Å². The van der Waals surface area contributed by atoms with Crippen molar-refractivity contribution >= 4 is 16.9 Å². The summed E-state index contributed by atoms with van der Waals surface area (Å²) in [5.41, 5.74) is 11.9. The summed E-state index contributed by atoms with van der Waals surface area (Å²) in [4.78, 5) is 2.90. The number of rotatable bonds is 3. The van der Waals surface area contributed by atoms with Crippen LogP contribution in [0, 0.1) is 0 Å². The lowest BCUT2D eigenvalue weighted by molar-refractivity contribution is -0.460. The Kier molecular flexibility index (Phi) is 2.58. The largest absolute Gasteiger partial charge is 0.344 e. The molecule has 0 fully saturated rings. The van der Waals surface area contributed by atoms with Gasteiger partial charge in [-0.2, -0.15) is 0 Å². The van der Waals surface area contributed by atoms with E-state index in [2.05, 4.69) is 34.0 Å². The molecule has 0 spiro atoms. The van der Waals surface area contributed by atoms with Crippen molar-refractivity contribution in [1.82, 2.24) is 4.57 Å². The maximum absolute atomic E-state index is 5.32. The first-order chi connectivity index (χ1) is 7.27.